The first-order valence-corrected chi connectivity index (χ1v) is 4.23. The Balaban J connectivity index is 0.000000461. The lowest BCUT2D eigenvalue weighted by Crippen LogP contribution is -1.79. The Hall–Kier alpha value is -0.960. The van der Waals surface area contributed by atoms with Gasteiger partial charge in [-0.3, -0.25) is 0 Å². The van der Waals surface area contributed by atoms with Crippen LogP contribution in [0, 0.1) is 11.8 Å². The van der Waals surface area contributed by atoms with Gasteiger partial charge in [-0.05, 0) is 19.8 Å². The van der Waals surface area contributed by atoms with E-state index in [4.69, 9.17) is 0 Å². The Morgan fingerprint density at radius 3 is 2.45 bits per heavy atom. The molecule has 1 rings (SSSR count). The van der Waals surface area contributed by atoms with Crippen molar-refractivity contribution in [2.45, 2.75) is 33.6 Å². The van der Waals surface area contributed by atoms with Gasteiger partial charge >= 0.3 is 0 Å². The van der Waals surface area contributed by atoms with Crippen LogP contribution >= 0.6 is 0 Å². The maximum absolute atomic E-state index is 3.01. The van der Waals surface area contributed by atoms with Gasteiger partial charge in [0.15, 0.2) is 0 Å². The number of allylic oxidation sites excluding steroid dienone is 4. The Kier molecular flexibility index (Phi) is 6.53. The number of rotatable bonds is 0. The van der Waals surface area contributed by atoms with Crippen LogP contribution in [0.15, 0.2) is 23.8 Å². The fraction of sp³-hybridized carbons (Fsp3) is 0.455. The molecule has 0 heterocycles. The van der Waals surface area contributed by atoms with Crippen LogP contribution in [0.25, 0.3) is 0 Å². The fourth-order valence-electron chi connectivity index (χ4n) is 0.850. The van der Waals surface area contributed by atoms with Gasteiger partial charge in [-0.1, -0.05) is 38.0 Å². The molecule has 11 heavy (non-hydrogen) atoms. The molecule has 0 saturated carbocycles. The SMILES string of the molecule is CC.CC#CC1=CCCC=C1. The monoisotopic (exact) mass is 148 g/mol. The second kappa shape index (κ2) is 7.15. The molecule has 0 aromatic rings. The zero-order chi connectivity index (χ0) is 8.53. The third-order valence-electron chi connectivity index (χ3n) is 1.26. The Morgan fingerprint density at radius 1 is 1.27 bits per heavy atom. The first kappa shape index (κ1) is 10.0. The molecule has 0 unspecified atom stereocenters. The van der Waals surface area contributed by atoms with Gasteiger partial charge in [0.2, 0.25) is 0 Å². The number of hydrogen-bond donors (Lipinski definition) is 0. The molecule has 0 saturated heterocycles. The molecule has 0 spiro atoms. The third kappa shape index (κ3) is 4.44. The Labute approximate surface area is 70.0 Å². The van der Waals surface area contributed by atoms with Gasteiger partial charge in [-0.15, -0.1) is 5.92 Å². The van der Waals surface area contributed by atoms with Crippen LogP contribution in [0.3, 0.4) is 0 Å². The molecule has 0 bridgehead atoms. The zero-order valence-electron chi connectivity index (χ0n) is 7.65. The average Bonchev–Trinajstić information content (AvgIpc) is 2.11. The minimum absolute atomic E-state index is 1.15. The van der Waals surface area contributed by atoms with Gasteiger partial charge in [0.25, 0.3) is 0 Å². The summed E-state index contributed by atoms with van der Waals surface area (Å²) in [4.78, 5) is 0. The van der Waals surface area contributed by atoms with Crippen molar-refractivity contribution in [3.05, 3.63) is 23.8 Å². The van der Waals surface area contributed by atoms with Crippen molar-refractivity contribution in [3.8, 4) is 11.8 Å². The van der Waals surface area contributed by atoms with Gasteiger partial charge in [0, 0.05) is 5.57 Å². The summed E-state index contributed by atoms with van der Waals surface area (Å²) in [6.45, 7) is 5.86. The van der Waals surface area contributed by atoms with Gasteiger partial charge in [-0.2, -0.15) is 0 Å². The predicted octanol–water partition coefficient (Wildman–Crippen LogP) is 3.31. The van der Waals surface area contributed by atoms with Crippen LogP contribution in [0.4, 0.5) is 0 Å². The molecule has 0 heteroatoms. The van der Waals surface area contributed by atoms with Gasteiger partial charge < -0.3 is 0 Å². The summed E-state index contributed by atoms with van der Waals surface area (Å²) in [7, 11) is 0. The second-order valence-corrected chi connectivity index (χ2v) is 2.01. The summed E-state index contributed by atoms with van der Waals surface area (Å²) in [6, 6.07) is 0. The fourth-order valence-corrected chi connectivity index (χ4v) is 0.850. The highest BCUT2D eigenvalue weighted by Gasteiger charge is 1.89. The normalized spacial score (nSPS) is 13.5. The lowest BCUT2D eigenvalue weighted by atomic mass is 10.1. The van der Waals surface area contributed by atoms with E-state index in [0.29, 0.717) is 0 Å². The van der Waals surface area contributed by atoms with E-state index in [0.717, 1.165) is 6.42 Å². The third-order valence-corrected chi connectivity index (χ3v) is 1.26. The predicted molar refractivity (Wildman–Crippen MR) is 51.3 cm³/mol. The molecule has 0 amide bonds. The van der Waals surface area contributed by atoms with Crippen LogP contribution in [0.1, 0.15) is 33.6 Å². The van der Waals surface area contributed by atoms with E-state index in [2.05, 4.69) is 30.1 Å². The van der Waals surface area contributed by atoms with E-state index < -0.39 is 0 Å². The van der Waals surface area contributed by atoms with Gasteiger partial charge in [0.05, 0.1) is 0 Å². The van der Waals surface area contributed by atoms with Gasteiger partial charge in [-0.25, -0.2) is 0 Å². The van der Waals surface area contributed by atoms with Gasteiger partial charge in [0.1, 0.15) is 0 Å². The molecule has 0 aliphatic heterocycles. The first-order chi connectivity index (χ1) is 5.43. The zero-order valence-corrected chi connectivity index (χ0v) is 7.65. The highest BCUT2D eigenvalue weighted by molar-refractivity contribution is 5.39. The summed E-state index contributed by atoms with van der Waals surface area (Å²) in [6.07, 6.45) is 8.76. The summed E-state index contributed by atoms with van der Waals surface area (Å²) < 4.78 is 0. The van der Waals surface area contributed by atoms with Crippen molar-refractivity contribution in [2.75, 3.05) is 0 Å². The van der Waals surface area contributed by atoms with Crippen molar-refractivity contribution in [2.24, 2.45) is 0 Å². The highest BCUT2D eigenvalue weighted by atomic mass is 13.9. The topological polar surface area (TPSA) is 0 Å². The average molecular weight is 148 g/mol. The largest absolute Gasteiger partial charge is 0.101 e. The molecule has 0 atom stereocenters. The lowest BCUT2D eigenvalue weighted by molar-refractivity contribution is 1.03. The molecule has 0 fully saturated rings. The van der Waals surface area contributed by atoms with E-state index in [-0.39, 0.29) is 0 Å². The summed E-state index contributed by atoms with van der Waals surface area (Å²) >= 11 is 0. The molecular weight excluding hydrogens is 132 g/mol. The first-order valence-electron chi connectivity index (χ1n) is 4.23. The van der Waals surface area contributed by atoms with Crippen LogP contribution in [-0.2, 0) is 0 Å². The van der Waals surface area contributed by atoms with Crippen molar-refractivity contribution >= 4 is 0 Å². The molecule has 1 aliphatic carbocycles. The molecule has 1 aliphatic rings. The van der Waals surface area contributed by atoms with E-state index in [1.165, 1.54) is 12.0 Å². The molecule has 0 nitrogen and oxygen atoms in total. The van der Waals surface area contributed by atoms with E-state index in [1.54, 1.807) is 0 Å². The second-order valence-electron chi connectivity index (χ2n) is 2.01. The maximum atomic E-state index is 3.01. The molecule has 0 aromatic heterocycles. The minimum Gasteiger partial charge on any atom is -0.101 e. The van der Waals surface area contributed by atoms with E-state index in [1.807, 2.05) is 20.8 Å². The van der Waals surface area contributed by atoms with Crippen LogP contribution in [-0.4, -0.2) is 0 Å². The Bertz CT molecular complexity index is 196. The van der Waals surface area contributed by atoms with Crippen LogP contribution < -0.4 is 0 Å². The maximum Gasteiger partial charge on any atom is 0.0202 e. The highest BCUT2D eigenvalue weighted by Crippen LogP contribution is 2.07. The minimum atomic E-state index is 1.15. The van der Waals surface area contributed by atoms with Crippen LogP contribution in [0.5, 0.6) is 0 Å². The molecule has 0 radical (unpaired) electrons. The van der Waals surface area contributed by atoms with E-state index in [9.17, 15) is 0 Å². The Morgan fingerprint density at radius 2 is 2.00 bits per heavy atom. The molecular formula is C11H16. The van der Waals surface area contributed by atoms with Crippen LogP contribution in [0.2, 0.25) is 0 Å². The van der Waals surface area contributed by atoms with Crippen molar-refractivity contribution in [3.63, 3.8) is 0 Å². The quantitative estimate of drug-likeness (QED) is 0.462. The lowest BCUT2D eigenvalue weighted by Gasteiger charge is -1.96. The van der Waals surface area contributed by atoms with Crippen molar-refractivity contribution in [1.29, 1.82) is 0 Å². The van der Waals surface area contributed by atoms with Crippen molar-refractivity contribution < 1.29 is 0 Å². The smallest absolute Gasteiger partial charge is 0.0202 e. The summed E-state index contributed by atoms with van der Waals surface area (Å²) in [5.41, 5.74) is 1.17. The molecule has 0 N–H and O–H groups in total. The number of hydrogen-bond acceptors (Lipinski definition) is 0. The standard InChI is InChI=1S/C9H10.C2H6/c1-2-6-9-7-4-3-5-8-9;1-2/h4,7-8H,3,5H2,1H3;1-2H3. The summed E-state index contributed by atoms with van der Waals surface area (Å²) in [5, 5.41) is 0. The summed E-state index contributed by atoms with van der Waals surface area (Å²) in [5.74, 6) is 5.88. The molecule has 60 valence electrons. The van der Waals surface area contributed by atoms with Crippen molar-refractivity contribution in [1.82, 2.24) is 0 Å². The molecule has 0 aromatic carbocycles. The van der Waals surface area contributed by atoms with E-state index >= 15 is 0 Å².